The molecule has 1 heterocycles. The second-order valence-electron chi connectivity index (χ2n) is 11.4. The van der Waals surface area contributed by atoms with E-state index < -0.39 is 11.7 Å². The summed E-state index contributed by atoms with van der Waals surface area (Å²) in [5.74, 6) is 0.829. The number of fused-ring (bicyclic) bond motifs is 5. The average molecular weight is 472 g/mol. The van der Waals surface area contributed by atoms with Gasteiger partial charge in [-0.2, -0.15) is 0 Å². The van der Waals surface area contributed by atoms with E-state index in [0.29, 0.717) is 5.92 Å². The van der Waals surface area contributed by atoms with E-state index in [0.717, 1.165) is 56.9 Å². The molecule has 7 atom stereocenters. The SMILES string of the molecule is C[C@]12CC[C@H](OC(=O)NCCO)C=C1CCC1C2CC[C@]2(C)[C@@H](c3ccc(=O)oc3)CC[C@]12O. The Bertz CT molecular complexity index is 1010. The number of nitrogens with one attached hydrogen (secondary N) is 1. The molecule has 3 fully saturated rings. The van der Waals surface area contributed by atoms with Gasteiger partial charge in [0.15, 0.2) is 0 Å². The minimum absolute atomic E-state index is 0.0129. The van der Waals surface area contributed by atoms with Crippen LogP contribution in [0.4, 0.5) is 4.79 Å². The van der Waals surface area contributed by atoms with Gasteiger partial charge in [-0.25, -0.2) is 9.59 Å². The van der Waals surface area contributed by atoms with Gasteiger partial charge in [0, 0.05) is 18.0 Å². The second-order valence-corrected chi connectivity index (χ2v) is 11.4. The fourth-order valence-electron chi connectivity index (χ4n) is 8.20. The molecule has 0 radical (unpaired) electrons. The number of aliphatic hydroxyl groups is 2. The summed E-state index contributed by atoms with van der Waals surface area (Å²) in [5, 5.41) is 23.8. The molecule has 5 rings (SSSR count). The number of hydrogen-bond acceptors (Lipinski definition) is 6. The fourth-order valence-corrected chi connectivity index (χ4v) is 8.20. The Kier molecular flexibility index (Phi) is 5.92. The topological polar surface area (TPSA) is 109 Å². The van der Waals surface area contributed by atoms with Gasteiger partial charge in [-0.1, -0.05) is 19.4 Å². The molecule has 186 valence electrons. The molecule has 1 amide bonds. The molecule has 7 heteroatoms. The van der Waals surface area contributed by atoms with E-state index in [4.69, 9.17) is 14.3 Å². The molecular weight excluding hydrogens is 434 g/mol. The normalized spacial score (nSPS) is 41.0. The van der Waals surface area contributed by atoms with Crippen molar-refractivity contribution in [2.75, 3.05) is 13.2 Å². The maximum atomic E-state index is 12.3. The molecule has 0 aromatic carbocycles. The van der Waals surface area contributed by atoms with Crippen LogP contribution >= 0.6 is 0 Å². The van der Waals surface area contributed by atoms with Crippen molar-refractivity contribution < 1.29 is 24.2 Å². The van der Waals surface area contributed by atoms with Crippen LogP contribution in [0.1, 0.15) is 76.7 Å². The van der Waals surface area contributed by atoms with Gasteiger partial charge in [0.25, 0.3) is 0 Å². The number of carbonyl (C=O) groups excluding carboxylic acids is 1. The van der Waals surface area contributed by atoms with Crippen molar-refractivity contribution in [1.82, 2.24) is 5.32 Å². The van der Waals surface area contributed by atoms with Gasteiger partial charge in [-0.3, -0.25) is 0 Å². The number of alkyl carbamates (subject to hydrolysis) is 1. The van der Waals surface area contributed by atoms with Crippen molar-refractivity contribution in [2.24, 2.45) is 22.7 Å². The molecule has 2 unspecified atom stereocenters. The molecule has 34 heavy (non-hydrogen) atoms. The monoisotopic (exact) mass is 471 g/mol. The van der Waals surface area contributed by atoms with Crippen molar-refractivity contribution in [1.29, 1.82) is 0 Å². The number of ether oxygens (including phenoxy) is 1. The largest absolute Gasteiger partial charge is 0.442 e. The zero-order valence-electron chi connectivity index (χ0n) is 20.2. The fraction of sp³-hybridized carbons (Fsp3) is 0.704. The number of carbonyl (C=O) groups is 1. The summed E-state index contributed by atoms with van der Waals surface area (Å²) in [4.78, 5) is 23.5. The van der Waals surface area contributed by atoms with Gasteiger partial charge >= 0.3 is 11.7 Å². The lowest BCUT2D eigenvalue weighted by Crippen LogP contribution is -2.60. The lowest BCUT2D eigenvalue weighted by atomic mass is 9.45. The van der Waals surface area contributed by atoms with Crippen molar-refractivity contribution in [3.63, 3.8) is 0 Å². The Labute approximate surface area is 200 Å². The first-order valence-corrected chi connectivity index (χ1v) is 12.8. The predicted molar refractivity (Wildman–Crippen MR) is 126 cm³/mol. The molecule has 4 aliphatic carbocycles. The lowest BCUT2D eigenvalue weighted by Gasteiger charge is -2.61. The minimum Gasteiger partial charge on any atom is -0.442 e. The maximum absolute atomic E-state index is 12.3. The summed E-state index contributed by atoms with van der Waals surface area (Å²) in [5.41, 5.74) is 1.09. The molecule has 4 aliphatic rings. The number of allylic oxidation sites excluding steroid dienone is 1. The third-order valence-electron chi connectivity index (χ3n) is 10.0. The second kappa shape index (κ2) is 8.52. The van der Waals surface area contributed by atoms with Crippen LogP contribution in [0.25, 0.3) is 0 Å². The molecule has 7 nitrogen and oxygen atoms in total. The van der Waals surface area contributed by atoms with Gasteiger partial charge in [0.05, 0.1) is 18.5 Å². The Hall–Kier alpha value is -2.12. The first-order chi connectivity index (χ1) is 16.2. The van der Waals surface area contributed by atoms with Crippen molar-refractivity contribution in [3.05, 3.63) is 46.0 Å². The van der Waals surface area contributed by atoms with Crippen LogP contribution in [-0.4, -0.2) is 41.2 Å². The molecule has 3 saturated carbocycles. The Morgan fingerprint density at radius 2 is 1.97 bits per heavy atom. The summed E-state index contributed by atoms with van der Waals surface area (Å²) in [6.07, 6.45) is 10.3. The first kappa shape index (κ1) is 23.6. The molecule has 0 bridgehead atoms. The van der Waals surface area contributed by atoms with Crippen LogP contribution in [0.15, 0.2) is 39.3 Å². The van der Waals surface area contributed by atoms with Crippen LogP contribution in [0, 0.1) is 22.7 Å². The van der Waals surface area contributed by atoms with Crippen LogP contribution in [-0.2, 0) is 4.74 Å². The molecule has 1 aromatic rings. The van der Waals surface area contributed by atoms with Crippen molar-refractivity contribution in [2.45, 2.75) is 82.8 Å². The predicted octanol–water partition coefficient (Wildman–Crippen LogP) is 3.89. The van der Waals surface area contributed by atoms with E-state index in [1.165, 1.54) is 11.6 Å². The van der Waals surface area contributed by atoms with E-state index >= 15 is 0 Å². The Morgan fingerprint density at radius 3 is 2.71 bits per heavy atom. The summed E-state index contributed by atoms with van der Waals surface area (Å²) in [7, 11) is 0. The molecule has 0 aliphatic heterocycles. The Balaban J connectivity index is 1.37. The summed E-state index contributed by atoms with van der Waals surface area (Å²) >= 11 is 0. The summed E-state index contributed by atoms with van der Waals surface area (Å²) < 4.78 is 10.8. The maximum Gasteiger partial charge on any atom is 0.407 e. The van der Waals surface area contributed by atoms with E-state index in [1.54, 1.807) is 6.26 Å². The lowest BCUT2D eigenvalue weighted by molar-refractivity contribution is -0.178. The van der Waals surface area contributed by atoms with Crippen molar-refractivity contribution >= 4 is 6.09 Å². The highest BCUT2D eigenvalue weighted by atomic mass is 16.6. The van der Waals surface area contributed by atoms with E-state index in [2.05, 4.69) is 25.2 Å². The van der Waals surface area contributed by atoms with E-state index in [1.807, 2.05) is 6.07 Å². The smallest absolute Gasteiger partial charge is 0.407 e. The standard InChI is InChI=1S/C27H37NO6/c1-25-10-7-19(34-24(31)28-13-14-29)15-18(25)4-5-22-21(25)8-11-26(2)20(9-12-27(22,26)32)17-3-6-23(30)33-16-17/h3,6,15-16,19-22,29,32H,4-5,7-14H2,1-2H3,(H,28,31)/t19-,20+,21?,22?,25-,26+,27-/m0/s1. The first-order valence-electron chi connectivity index (χ1n) is 12.8. The zero-order valence-corrected chi connectivity index (χ0v) is 20.2. The third-order valence-corrected chi connectivity index (χ3v) is 10.0. The van der Waals surface area contributed by atoms with Gasteiger partial charge in [-0.15, -0.1) is 0 Å². The van der Waals surface area contributed by atoms with E-state index in [-0.39, 0.29) is 47.5 Å². The number of hydrogen-bond donors (Lipinski definition) is 3. The van der Waals surface area contributed by atoms with Gasteiger partial charge in [-0.05, 0) is 92.2 Å². The number of rotatable bonds is 4. The van der Waals surface area contributed by atoms with Gasteiger partial charge in [0.2, 0.25) is 0 Å². The summed E-state index contributed by atoms with van der Waals surface area (Å²) in [6.45, 7) is 4.68. The molecule has 1 aromatic heterocycles. The molecule has 0 saturated heterocycles. The van der Waals surface area contributed by atoms with E-state index in [9.17, 15) is 14.7 Å². The average Bonchev–Trinajstić information content (AvgIpc) is 3.10. The van der Waals surface area contributed by atoms with Gasteiger partial charge < -0.3 is 24.7 Å². The summed E-state index contributed by atoms with van der Waals surface area (Å²) in [6, 6.07) is 3.37. The molecule has 0 spiro atoms. The highest BCUT2D eigenvalue weighted by Crippen LogP contribution is 2.70. The molecule has 3 N–H and O–H groups in total. The van der Waals surface area contributed by atoms with Crippen LogP contribution < -0.4 is 10.9 Å². The highest BCUT2D eigenvalue weighted by molar-refractivity contribution is 5.67. The number of aliphatic hydroxyl groups excluding tert-OH is 1. The number of amides is 1. The van der Waals surface area contributed by atoms with Gasteiger partial charge in [0.1, 0.15) is 6.10 Å². The van der Waals surface area contributed by atoms with Crippen LogP contribution in [0.3, 0.4) is 0 Å². The van der Waals surface area contributed by atoms with Crippen molar-refractivity contribution in [3.8, 4) is 0 Å². The zero-order chi connectivity index (χ0) is 24.1. The molecular formula is C27H37NO6. The highest BCUT2D eigenvalue weighted by Gasteiger charge is 2.66. The van der Waals surface area contributed by atoms with Crippen LogP contribution in [0.5, 0.6) is 0 Å². The van der Waals surface area contributed by atoms with Crippen LogP contribution in [0.2, 0.25) is 0 Å². The Morgan fingerprint density at radius 1 is 1.15 bits per heavy atom. The quantitative estimate of drug-likeness (QED) is 0.575. The minimum atomic E-state index is -0.733. The third kappa shape index (κ3) is 3.54.